The highest BCUT2D eigenvalue weighted by Crippen LogP contribution is 2.28. The third-order valence-corrected chi connectivity index (χ3v) is 3.43. The van der Waals surface area contributed by atoms with Crippen molar-refractivity contribution in [3.8, 4) is 6.07 Å². The minimum Gasteiger partial charge on any atom is -0.481 e. The second kappa shape index (κ2) is 5.57. The molecule has 0 bridgehead atoms. The fourth-order valence-electron chi connectivity index (χ4n) is 2.38. The van der Waals surface area contributed by atoms with E-state index in [2.05, 4.69) is 0 Å². The second-order valence-corrected chi connectivity index (χ2v) is 4.69. The molecule has 7 nitrogen and oxygen atoms in total. The van der Waals surface area contributed by atoms with E-state index in [1.54, 1.807) is 12.1 Å². The number of carboxylic acid groups (broad SMARTS) is 1. The number of nitrogens with zero attached hydrogens (tertiary/aromatic N) is 3. The summed E-state index contributed by atoms with van der Waals surface area (Å²) in [6, 6.07) is 6.14. The number of hydrogen-bond acceptors (Lipinski definition) is 5. The Kier molecular flexibility index (Phi) is 3.84. The third kappa shape index (κ3) is 2.69. The van der Waals surface area contributed by atoms with E-state index in [0.717, 1.165) is 6.42 Å². The van der Waals surface area contributed by atoms with Crippen molar-refractivity contribution in [3.05, 3.63) is 33.9 Å². The van der Waals surface area contributed by atoms with Gasteiger partial charge in [0, 0.05) is 24.8 Å². The maximum absolute atomic E-state index is 11.0. The number of nitriles is 1. The van der Waals surface area contributed by atoms with Crippen LogP contribution in [0.2, 0.25) is 0 Å². The lowest BCUT2D eigenvalue weighted by atomic mass is 9.97. The Labute approximate surface area is 115 Å². The van der Waals surface area contributed by atoms with Gasteiger partial charge in [-0.3, -0.25) is 14.9 Å². The number of carboxylic acids is 1. The highest BCUT2D eigenvalue weighted by Gasteiger charge is 2.26. The van der Waals surface area contributed by atoms with Crippen LogP contribution in [-0.4, -0.2) is 29.1 Å². The maximum Gasteiger partial charge on any atom is 0.308 e. The Morgan fingerprint density at radius 1 is 1.55 bits per heavy atom. The molecule has 1 unspecified atom stereocenters. The number of anilines is 1. The van der Waals surface area contributed by atoms with Crippen LogP contribution in [0.1, 0.15) is 18.4 Å². The number of nitro benzene ring substituents is 1. The number of piperidine rings is 1. The summed E-state index contributed by atoms with van der Waals surface area (Å²) in [6.07, 6.45) is 1.34. The molecular weight excluding hydrogens is 262 g/mol. The summed E-state index contributed by atoms with van der Waals surface area (Å²) in [5.41, 5.74) is 0.342. The fourth-order valence-corrected chi connectivity index (χ4v) is 2.38. The van der Waals surface area contributed by atoms with Crippen LogP contribution >= 0.6 is 0 Å². The monoisotopic (exact) mass is 275 g/mol. The molecule has 1 N–H and O–H groups in total. The predicted octanol–water partition coefficient (Wildman–Crippen LogP) is 1.77. The van der Waals surface area contributed by atoms with Gasteiger partial charge in [0.25, 0.3) is 5.69 Å². The van der Waals surface area contributed by atoms with E-state index in [0.29, 0.717) is 25.2 Å². The maximum atomic E-state index is 11.0. The smallest absolute Gasteiger partial charge is 0.308 e. The van der Waals surface area contributed by atoms with E-state index >= 15 is 0 Å². The van der Waals surface area contributed by atoms with Gasteiger partial charge in [0.2, 0.25) is 0 Å². The van der Waals surface area contributed by atoms with Crippen LogP contribution < -0.4 is 4.90 Å². The van der Waals surface area contributed by atoms with Crippen molar-refractivity contribution < 1.29 is 14.8 Å². The molecule has 7 heteroatoms. The summed E-state index contributed by atoms with van der Waals surface area (Å²) >= 11 is 0. The van der Waals surface area contributed by atoms with Gasteiger partial charge in [-0.1, -0.05) is 0 Å². The molecule has 1 heterocycles. The SMILES string of the molecule is N#Cc1ccc(N2CCCC(C(=O)O)C2)cc1[N+](=O)[O-]. The van der Waals surface area contributed by atoms with Crippen LogP contribution in [0.3, 0.4) is 0 Å². The molecule has 1 aromatic rings. The molecule has 0 aromatic heterocycles. The number of rotatable bonds is 3. The van der Waals surface area contributed by atoms with Gasteiger partial charge in [-0.25, -0.2) is 0 Å². The molecule has 1 fully saturated rings. The molecule has 20 heavy (non-hydrogen) atoms. The predicted molar refractivity (Wildman–Crippen MR) is 70.4 cm³/mol. The molecule has 1 atom stereocenters. The van der Waals surface area contributed by atoms with Crippen LogP contribution in [0.25, 0.3) is 0 Å². The second-order valence-electron chi connectivity index (χ2n) is 4.69. The van der Waals surface area contributed by atoms with E-state index in [9.17, 15) is 14.9 Å². The van der Waals surface area contributed by atoms with E-state index in [4.69, 9.17) is 10.4 Å². The Bertz CT molecular complexity index is 594. The van der Waals surface area contributed by atoms with Crippen LogP contribution in [0.5, 0.6) is 0 Å². The molecule has 2 rings (SSSR count). The molecule has 0 amide bonds. The van der Waals surface area contributed by atoms with Crippen molar-refractivity contribution in [1.82, 2.24) is 0 Å². The quantitative estimate of drug-likeness (QED) is 0.665. The lowest BCUT2D eigenvalue weighted by Crippen LogP contribution is -2.38. The minimum atomic E-state index is -0.849. The summed E-state index contributed by atoms with van der Waals surface area (Å²) in [7, 11) is 0. The van der Waals surface area contributed by atoms with E-state index in [-0.39, 0.29) is 11.3 Å². The van der Waals surface area contributed by atoms with Crippen molar-refractivity contribution in [1.29, 1.82) is 5.26 Å². The van der Waals surface area contributed by atoms with Crippen molar-refractivity contribution in [2.75, 3.05) is 18.0 Å². The average molecular weight is 275 g/mol. The molecule has 1 aliphatic heterocycles. The molecule has 1 aromatic carbocycles. The van der Waals surface area contributed by atoms with Gasteiger partial charge in [0.05, 0.1) is 10.8 Å². The zero-order chi connectivity index (χ0) is 14.7. The number of nitro groups is 1. The van der Waals surface area contributed by atoms with Crippen LogP contribution in [0.15, 0.2) is 18.2 Å². The molecular formula is C13H13N3O4. The highest BCUT2D eigenvalue weighted by atomic mass is 16.6. The topological polar surface area (TPSA) is 107 Å². The van der Waals surface area contributed by atoms with Gasteiger partial charge in [0.15, 0.2) is 0 Å². The van der Waals surface area contributed by atoms with Gasteiger partial charge >= 0.3 is 5.97 Å². The molecule has 0 radical (unpaired) electrons. The summed E-state index contributed by atoms with van der Waals surface area (Å²) in [5.74, 6) is -1.31. The summed E-state index contributed by atoms with van der Waals surface area (Å²) in [6.45, 7) is 0.991. The lowest BCUT2D eigenvalue weighted by Gasteiger charge is -2.32. The van der Waals surface area contributed by atoms with Crippen molar-refractivity contribution >= 4 is 17.3 Å². The zero-order valence-electron chi connectivity index (χ0n) is 10.7. The lowest BCUT2D eigenvalue weighted by molar-refractivity contribution is -0.385. The van der Waals surface area contributed by atoms with Crippen molar-refractivity contribution in [2.45, 2.75) is 12.8 Å². The number of benzene rings is 1. The first-order valence-corrected chi connectivity index (χ1v) is 6.19. The number of hydrogen-bond donors (Lipinski definition) is 1. The normalized spacial score (nSPS) is 18.4. The highest BCUT2D eigenvalue weighted by molar-refractivity contribution is 5.71. The molecule has 1 saturated heterocycles. The minimum absolute atomic E-state index is 0.00513. The molecule has 0 saturated carbocycles. The number of aliphatic carboxylic acids is 1. The third-order valence-electron chi connectivity index (χ3n) is 3.43. The van der Waals surface area contributed by atoms with Gasteiger partial charge in [0.1, 0.15) is 11.6 Å². The first-order chi connectivity index (χ1) is 9.52. The van der Waals surface area contributed by atoms with Gasteiger partial charge in [-0.2, -0.15) is 5.26 Å². The van der Waals surface area contributed by atoms with E-state index in [1.165, 1.54) is 12.1 Å². The summed E-state index contributed by atoms with van der Waals surface area (Å²) in [5, 5.41) is 28.8. The van der Waals surface area contributed by atoms with Crippen LogP contribution in [0.4, 0.5) is 11.4 Å². The fraction of sp³-hybridized carbons (Fsp3) is 0.385. The Morgan fingerprint density at radius 3 is 2.90 bits per heavy atom. The van der Waals surface area contributed by atoms with Crippen molar-refractivity contribution in [3.63, 3.8) is 0 Å². The standard InChI is InChI=1S/C13H13N3O4/c14-7-9-3-4-11(6-12(9)16(19)20)15-5-1-2-10(8-15)13(17)18/h3-4,6,10H,1-2,5,8H2,(H,17,18). The number of carbonyl (C=O) groups is 1. The largest absolute Gasteiger partial charge is 0.481 e. The van der Waals surface area contributed by atoms with Crippen LogP contribution in [-0.2, 0) is 4.79 Å². The molecule has 1 aliphatic rings. The molecule has 0 spiro atoms. The first kappa shape index (κ1) is 13.8. The van der Waals surface area contributed by atoms with Gasteiger partial charge in [-0.05, 0) is 25.0 Å². The first-order valence-electron chi connectivity index (χ1n) is 6.19. The Hall–Kier alpha value is -2.62. The molecule has 104 valence electrons. The Balaban J connectivity index is 2.29. The van der Waals surface area contributed by atoms with Crippen LogP contribution in [0, 0.1) is 27.4 Å². The van der Waals surface area contributed by atoms with Gasteiger partial charge in [-0.15, -0.1) is 0 Å². The van der Waals surface area contributed by atoms with E-state index in [1.807, 2.05) is 4.90 Å². The zero-order valence-corrected chi connectivity index (χ0v) is 10.7. The molecule has 0 aliphatic carbocycles. The summed E-state index contributed by atoms with van der Waals surface area (Å²) in [4.78, 5) is 23.2. The van der Waals surface area contributed by atoms with Gasteiger partial charge < -0.3 is 10.0 Å². The average Bonchev–Trinajstić information content (AvgIpc) is 2.46. The van der Waals surface area contributed by atoms with E-state index < -0.39 is 16.8 Å². The summed E-state index contributed by atoms with van der Waals surface area (Å²) < 4.78 is 0. The Morgan fingerprint density at radius 2 is 2.30 bits per heavy atom. The van der Waals surface area contributed by atoms with Crippen molar-refractivity contribution in [2.24, 2.45) is 5.92 Å².